The summed E-state index contributed by atoms with van der Waals surface area (Å²) in [7, 11) is 0. The lowest BCUT2D eigenvalue weighted by Crippen LogP contribution is -2.59. The van der Waals surface area contributed by atoms with E-state index in [1.807, 2.05) is 0 Å². The molecular formula is C33H54O7. The third-order valence-electron chi connectivity index (χ3n) is 14.0. The van der Waals surface area contributed by atoms with Crippen LogP contribution in [0.15, 0.2) is 0 Å². The van der Waals surface area contributed by atoms with Crippen molar-refractivity contribution >= 4 is 0 Å². The molecule has 0 radical (unpaired) electrons. The molecule has 0 aromatic rings. The van der Waals surface area contributed by atoms with Gasteiger partial charge < -0.3 is 34.3 Å². The van der Waals surface area contributed by atoms with Crippen LogP contribution >= 0.6 is 0 Å². The molecule has 228 valence electrons. The van der Waals surface area contributed by atoms with E-state index in [0.29, 0.717) is 40.6 Å². The first-order valence-corrected chi connectivity index (χ1v) is 16.6. The van der Waals surface area contributed by atoms with E-state index in [1.165, 1.54) is 38.5 Å². The topological polar surface area (TPSA) is 97.6 Å². The predicted octanol–water partition coefficient (Wildman–Crippen LogP) is 4.65. The number of aliphatic hydroxyl groups is 3. The highest BCUT2D eigenvalue weighted by Gasteiger charge is 2.69. The maximum Gasteiger partial charge on any atom is 0.186 e. The summed E-state index contributed by atoms with van der Waals surface area (Å²) in [5.41, 5.74) is 0.675. The van der Waals surface area contributed by atoms with E-state index >= 15 is 0 Å². The number of hydrogen-bond acceptors (Lipinski definition) is 7. The standard InChI is InChI=1S/C33H54O7/c1-17-8-13-33(37-16-17)18(2)26-25(40-33)15-24-22-7-6-20-14-21(39-30-29(36)28(35)27(34)19(3)38-30)9-11-31(20,4)23(22)10-12-32(24,26)5/h17-30,34-36H,6-16H2,1-5H3/t17-,18+,19-,20+,21+,22-,23+,24+,25+,26+,27+,28+,29-,30+,31+,32+,33-/m1/s1. The average Bonchev–Trinajstić information content (AvgIpc) is 3.37. The number of hydrogen-bond donors (Lipinski definition) is 3. The van der Waals surface area contributed by atoms with E-state index in [0.717, 1.165) is 50.0 Å². The molecule has 7 nitrogen and oxygen atoms in total. The molecule has 40 heavy (non-hydrogen) atoms. The average molecular weight is 563 g/mol. The van der Waals surface area contributed by atoms with Crippen LogP contribution in [-0.4, -0.2) is 70.6 Å². The number of aliphatic hydroxyl groups excluding tert-OH is 3. The van der Waals surface area contributed by atoms with E-state index in [1.54, 1.807) is 6.92 Å². The Morgan fingerprint density at radius 3 is 2.30 bits per heavy atom. The SMILES string of the molecule is C[C@@H]1CC[C@@]2(OC1)O[C@H]1C[C@H]3[C@@H]4CC[C@H]5C[C@@H](O[C@@H]6O[C@H](C)[C@H](O)[C@H](O)[C@H]6O)CC[C@]5(C)[C@H]4CC[C@]3(C)[C@H]1[C@@H]2C. The Bertz CT molecular complexity index is 951. The van der Waals surface area contributed by atoms with Gasteiger partial charge in [0, 0.05) is 12.3 Å². The molecule has 7 rings (SSSR count). The molecule has 3 aliphatic heterocycles. The number of ether oxygens (including phenoxy) is 4. The van der Waals surface area contributed by atoms with Crippen molar-refractivity contribution in [3.63, 3.8) is 0 Å². The van der Waals surface area contributed by atoms with Crippen LogP contribution in [0.3, 0.4) is 0 Å². The van der Waals surface area contributed by atoms with Crippen molar-refractivity contribution in [1.82, 2.24) is 0 Å². The predicted molar refractivity (Wildman–Crippen MR) is 149 cm³/mol. The van der Waals surface area contributed by atoms with Crippen molar-refractivity contribution in [3.8, 4) is 0 Å². The van der Waals surface area contributed by atoms with Crippen LogP contribution in [-0.2, 0) is 18.9 Å². The van der Waals surface area contributed by atoms with Gasteiger partial charge in [-0.15, -0.1) is 0 Å². The van der Waals surface area contributed by atoms with Gasteiger partial charge in [-0.25, -0.2) is 0 Å². The van der Waals surface area contributed by atoms with Gasteiger partial charge in [0.05, 0.1) is 24.9 Å². The highest BCUT2D eigenvalue weighted by Crippen LogP contribution is 2.71. The van der Waals surface area contributed by atoms with Crippen LogP contribution in [0.1, 0.15) is 98.8 Å². The smallest absolute Gasteiger partial charge is 0.186 e. The van der Waals surface area contributed by atoms with Gasteiger partial charge in [0.1, 0.15) is 18.3 Å². The highest BCUT2D eigenvalue weighted by atomic mass is 16.7. The minimum absolute atomic E-state index is 0.0206. The normalized spacial score (nSPS) is 61.5. The third-order valence-corrected chi connectivity index (χ3v) is 14.0. The van der Waals surface area contributed by atoms with Gasteiger partial charge in [0.25, 0.3) is 0 Å². The molecule has 3 saturated heterocycles. The first kappa shape index (κ1) is 28.5. The maximum atomic E-state index is 10.5. The minimum Gasteiger partial charge on any atom is -0.388 e. The lowest BCUT2D eigenvalue weighted by atomic mass is 9.44. The van der Waals surface area contributed by atoms with Crippen LogP contribution < -0.4 is 0 Å². The molecule has 3 N–H and O–H groups in total. The van der Waals surface area contributed by atoms with Crippen molar-refractivity contribution in [2.45, 2.75) is 148 Å². The molecule has 4 aliphatic carbocycles. The van der Waals surface area contributed by atoms with Crippen LogP contribution in [0.5, 0.6) is 0 Å². The zero-order valence-corrected chi connectivity index (χ0v) is 25.3. The quantitative estimate of drug-likeness (QED) is 0.422. The maximum absolute atomic E-state index is 10.5. The van der Waals surface area contributed by atoms with Crippen molar-refractivity contribution in [1.29, 1.82) is 0 Å². The lowest BCUT2D eigenvalue weighted by molar-refractivity contribution is -0.309. The van der Waals surface area contributed by atoms with E-state index in [2.05, 4.69) is 27.7 Å². The van der Waals surface area contributed by atoms with Crippen LogP contribution in [0.2, 0.25) is 0 Å². The largest absolute Gasteiger partial charge is 0.388 e. The Labute approximate surface area is 240 Å². The summed E-state index contributed by atoms with van der Waals surface area (Å²) in [5, 5.41) is 30.8. The Morgan fingerprint density at radius 1 is 0.775 bits per heavy atom. The molecule has 0 aromatic heterocycles. The van der Waals surface area contributed by atoms with Crippen LogP contribution in [0.4, 0.5) is 0 Å². The number of fused-ring (bicyclic) bond motifs is 7. The van der Waals surface area contributed by atoms with Gasteiger partial charge in [-0.05, 0) is 111 Å². The molecule has 1 spiro atoms. The second-order valence-corrected chi connectivity index (χ2v) is 15.9. The molecule has 0 aromatic carbocycles. The number of rotatable bonds is 2. The molecule has 3 heterocycles. The third kappa shape index (κ3) is 4.07. The molecule has 17 atom stereocenters. The second-order valence-electron chi connectivity index (χ2n) is 15.9. The zero-order valence-electron chi connectivity index (χ0n) is 25.3. The molecule has 4 saturated carbocycles. The summed E-state index contributed by atoms with van der Waals surface area (Å²) in [6.45, 7) is 12.5. The van der Waals surface area contributed by atoms with Gasteiger partial charge in [-0.1, -0.05) is 27.7 Å². The zero-order chi connectivity index (χ0) is 28.2. The Balaban J connectivity index is 1.03. The van der Waals surface area contributed by atoms with Gasteiger partial charge in [-0.3, -0.25) is 0 Å². The molecule has 0 bridgehead atoms. The van der Waals surface area contributed by atoms with Gasteiger partial charge in [-0.2, -0.15) is 0 Å². The molecule has 0 unspecified atom stereocenters. The Morgan fingerprint density at radius 2 is 1.55 bits per heavy atom. The van der Waals surface area contributed by atoms with E-state index in [4.69, 9.17) is 18.9 Å². The monoisotopic (exact) mass is 562 g/mol. The van der Waals surface area contributed by atoms with E-state index in [-0.39, 0.29) is 11.9 Å². The van der Waals surface area contributed by atoms with Crippen LogP contribution in [0, 0.1) is 52.3 Å². The molecule has 7 heteroatoms. The van der Waals surface area contributed by atoms with Crippen LogP contribution in [0.25, 0.3) is 0 Å². The van der Waals surface area contributed by atoms with Gasteiger partial charge in [0.15, 0.2) is 12.1 Å². The summed E-state index contributed by atoms with van der Waals surface area (Å²) < 4.78 is 25.5. The summed E-state index contributed by atoms with van der Waals surface area (Å²) in [6.07, 6.45) is 7.12. The first-order valence-electron chi connectivity index (χ1n) is 16.6. The fraction of sp³-hybridized carbons (Fsp3) is 1.00. The van der Waals surface area contributed by atoms with Crippen molar-refractivity contribution in [2.75, 3.05) is 6.61 Å². The van der Waals surface area contributed by atoms with Crippen molar-refractivity contribution < 1.29 is 34.3 Å². The van der Waals surface area contributed by atoms with Gasteiger partial charge >= 0.3 is 0 Å². The minimum atomic E-state index is -1.24. The van der Waals surface area contributed by atoms with Crippen molar-refractivity contribution in [3.05, 3.63) is 0 Å². The molecule has 7 fully saturated rings. The Kier molecular flexibility index (Phi) is 7.03. The molecular weight excluding hydrogens is 508 g/mol. The second kappa shape index (κ2) is 9.87. The Hall–Kier alpha value is -0.280. The van der Waals surface area contributed by atoms with E-state index < -0.39 is 30.7 Å². The summed E-state index contributed by atoms with van der Waals surface area (Å²) >= 11 is 0. The molecule has 7 aliphatic rings. The summed E-state index contributed by atoms with van der Waals surface area (Å²) in [4.78, 5) is 0. The van der Waals surface area contributed by atoms with Crippen molar-refractivity contribution in [2.24, 2.45) is 52.3 Å². The summed E-state index contributed by atoms with van der Waals surface area (Å²) in [5.74, 6) is 4.28. The fourth-order valence-corrected chi connectivity index (χ4v) is 11.7. The highest BCUT2D eigenvalue weighted by molar-refractivity contribution is 5.15. The van der Waals surface area contributed by atoms with Gasteiger partial charge in [0.2, 0.25) is 0 Å². The molecule has 0 amide bonds. The summed E-state index contributed by atoms with van der Waals surface area (Å²) in [6, 6.07) is 0. The fourth-order valence-electron chi connectivity index (χ4n) is 11.7. The van der Waals surface area contributed by atoms with E-state index in [9.17, 15) is 15.3 Å². The first-order chi connectivity index (χ1) is 19.0. The lowest BCUT2D eigenvalue weighted by Gasteiger charge is -2.61.